The fourth-order valence-electron chi connectivity index (χ4n) is 1.26. The molecule has 1 unspecified atom stereocenters. The lowest BCUT2D eigenvalue weighted by molar-refractivity contribution is -0.119. The van der Waals surface area contributed by atoms with Crippen LogP contribution in [0, 0.1) is 5.92 Å². The summed E-state index contributed by atoms with van der Waals surface area (Å²) in [5.74, 6) is 0.861. The Morgan fingerprint density at radius 1 is 1.80 bits per heavy atom. The topological polar surface area (TPSA) is 17.1 Å². The Bertz CT molecular complexity index is 202. The molecular formula is C9H14O. The molecule has 0 spiro atoms. The summed E-state index contributed by atoms with van der Waals surface area (Å²) in [5, 5.41) is 0. The van der Waals surface area contributed by atoms with Gasteiger partial charge in [-0.15, -0.1) is 5.73 Å². The number of carbonyl (C=O) groups is 1. The molecule has 0 heterocycles. The summed E-state index contributed by atoms with van der Waals surface area (Å²) in [6.45, 7) is 5.68. The molecule has 1 nitrogen and oxygen atoms in total. The van der Waals surface area contributed by atoms with E-state index in [0.29, 0.717) is 18.1 Å². The number of Topliss-reactive ketones (excluding diaryl/α,β-unsaturated/α-hetero) is 1. The molecule has 0 aliphatic heterocycles. The van der Waals surface area contributed by atoms with Gasteiger partial charge in [-0.25, -0.2) is 0 Å². The van der Waals surface area contributed by atoms with E-state index in [-0.39, 0.29) is 1.43 Å². The predicted octanol–water partition coefficient (Wildman–Crippen LogP) is 2.33. The molecule has 0 aromatic carbocycles. The zero-order valence-electron chi connectivity index (χ0n) is 6.31. The molecule has 1 rings (SSSR count). The van der Waals surface area contributed by atoms with Crippen molar-refractivity contribution >= 4 is 5.78 Å². The van der Waals surface area contributed by atoms with Crippen LogP contribution < -0.4 is 0 Å². The molecule has 0 radical (unpaired) electrons. The highest BCUT2D eigenvalue weighted by Crippen LogP contribution is 2.25. The summed E-state index contributed by atoms with van der Waals surface area (Å²) in [6, 6.07) is 0. The second-order valence-electron chi connectivity index (χ2n) is 2.86. The number of hydrogen-bond acceptors (Lipinski definition) is 1. The van der Waals surface area contributed by atoms with E-state index >= 15 is 0 Å². The first-order chi connectivity index (χ1) is 4.74. The van der Waals surface area contributed by atoms with Crippen molar-refractivity contribution in [1.82, 2.24) is 0 Å². The van der Waals surface area contributed by atoms with Gasteiger partial charge < -0.3 is 0 Å². The van der Waals surface area contributed by atoms with Crippen LogP contribution in [0.4, 0.5) is 0 Å². The summed E-state index contributed by atoms with van der Waals surface area (Å²) >= 11 is 0. The lowest BCUT2D eigenvalue weighted by Crippen LogP contribution is -2.13. The van der Waals surface area contributed by atoms with Gasteiger partial charge in [0.15, 0.2) is 0 Å². The fraction of sp³-hybridized carbons (Fsp3) is 0.556. The van der Waals surface area contributed by atoms with Crippen molar-refractivity contribution in [3.8, 4) is 0 Å². The Labute approximate surface area is 62.9 Å². The van der Waals surface area contributed by atoms with Gasteiger partial charge in [-0.1, -0.05) is 13.5 Å². The summed E-state index contributed by atoms with van der Waals surface area (Å²) < 4.78 is 0. The molecule has 1 heteroatoms. The number of hydrogen-bond donors (Lipinski definition) is 0. The van der Waals surface area contributed by atoms with Crippen LogP contribution >= 0.6 is 0 Å². The van der Waals surface area contributed by atoms with Gasteiger partial charge in [-0.3, -0.25) is 4.79 Å². The quantitative estimate of drug-likeness (QED) is 0.469. The highest BCUT2D eigenvalue weighted by atomic mass is 16.1. The van der Waals surface area contributed by atoms with Gasteiger partial charge in [-0.2, -0.15) is 0 Å². The van der Waals surface area contributed by atoms with Gasteiger partial charge in [0.25, 0.3) is 0 Å². The Kier molecular flexibility index (Phi) is 2.08. The largest absolute Gasteiger partial charge is 0.299 e. The third-order valence-corrected chi connectivity index (χ3v) is 2.07. The van der Waals surface area contributed by atoms with Crippen molar-refractivity contribution in [2.45, 2.75) is 26.2 Å². The number of ketones is 1. The van der Waals surface area contributed by atoms with E-state index in [9.17, 15) is 4.79 Å². The monoisotopic (exact) mass is 138 g/mol. The molecule has 1 fully saturated rings. The maximum absolute atomic E-state index is 10.9. The van der Waals surface area contributed by atoms with E-state index in [1.54, 1.807) is 0 Å². The van der Waals surface area contributed by atoms with E-state index in [1.807, 2.05) is 0 Å². The molecular weight excluding hydrogens is 124 g/mol. The van der Waals surface area contributed by atoms with Crippen LogP contribution in [0.2, 0.25) is 0 Å². The van der Waals surface area contributed by atoms with Crippen LogP contribution in [-0.2, 0) is 4.79 Å². The van der Waals surface area contributed by atoms with E-state index in [4.69, 9.17) is 0 Å². The zero-order valence-corrected chi connectivity index (χ0v) is 6.31. The van der Waals surface area contributed by atoms with E-state index < -0.39 is 0 Å². The molecule has 1 saturated carbocycles. The lowest BCUT2D eigenvalue weighted by Gasteiger charge is -2.18. The molecule has 0 aromatic heterocycles. The summed E-state index contributed by atoms with van der Waals surface area (Å²) in [4.78, 5) is 10.9. The van der Waals surface area contributed by atoms with Crippen LogP contribution in [0.1, 0.15) is 27.6 Å². The molecule has 0 saturated heterocycles. The molecule has 56 valence electrons. The molecule has 10 heavy (non-hydrogen) atoms. The summed E-state index contributed by atoms with van der Waals surface area (Å²) in [5.41, 5.74) is 3.92. The Balaban J connectivity index is 0.000001000. The van der Waals surface area contributed by atoms with Gasteiger partial charge in [-0.05, 0) is 17.9 Å². The molecule has 0 amide bonds. The number of allylic oxidation sites excluding steroid dienone is 1. The van der Waals surface area contributed by atoms with Crippen LogP contribution in [0.25, 0.3) is 0 Å². The summed E-state index contributed by atoms with van der Waals surface area (Å²) in [7, 11) is 0. The third kappa shape index (κ3) is 1.37. The van der Waals surface area contributed by atoms with Crippen LogP contribution in [0.15, 0.2) is 17.9 Å². The molecule has 0 bridgehead atoms. The van der Waals surface area contributed by atoms with Crippen LogP contribution in [-0.4, -0.2) is 5.78 Å². The zero-order chi connectivity index (χ0) is 7.56. The van der Waals surface area contributed by atoms with Gasteiger partial charge in [0.05, 0.1) is 0 Å². The number of carbonyl (C=O) groups excluding carboxylic acids is 1. The van der Waals surface area contributed by atoms with E-state index in [2.05, 4.69) is 19.2 Å². The van der Waals surface area contributed by atoms with Gasteiger partial charge in [0.1, 0.15) is 5.78 Å². The smallest absolute Gasteiger partial charge is 0.137 e. The highest BCUT2D eigenvalue weighted by Gasteiger charge is 2.18. The Hall–Kier alpha value is -0.810. The Morgan fingerprint density at radius 2 is 2.50 bits per heavy atom. The van der Waals surface area contributed by atoms with Crippen molar-refractivity contribution in [1.29, 1.82) is 0 Å². The van der Waals surface area contributed by atoms with Crippen LogP contribution in [0.3, 0.4) is 0 Å². The van der Waals surface area contributed by atoms with Gasteiger partial charge in [0.2, 0.25) is 0 Å². The maximum Gasteiger partial charge on any atom is 0.137 e. The molecule has 1 aliphatic carbocycles. The van der Waals surface area contributed by atoms with Crippen molar-refractivity contribution < 1.29 is 6.22 Å². The maximum atomic E-state index is 10.9. The summed E-state index contributed by atoms with van der Waals surface area (Å²) in [6.07, 6.45) is 2.31. The SMILES string of the molecule is C=C=C1CC(=O)CCC1C.[HH]. The molecule has 0 aromatic rings. The average molecular weight is 138 g/mol. The Morgan fingerprint density at radius 3 is 3.00 bits per heavy atom. The van der Waals surface area contributed by atoms with E-state index in [0.717, 1.165) is 18.4 Å². The second-order valence-corrected chi connectivity index (χ2v) is 2.86. The first kappa shape index (κ1) is 7.30. The van der Waals surface area contributed by atoms with Crippen LogP contribution in [0.5, 0.6) is 0 Å². The van der Waals surface area contributed by atoms with Crippen molar-refractivity contribution in [3.05, 3.63) is 17.9 Å². The minimum Gasteiger partial charge on any atom is -0.299 e. The van der Waals surface area contributed by atoms with Crippen molar-refractivity contribution in [2.24, 2.45) is 5.92 Å². The molecule has 0 N–H and O–H groups in total. The normalized spacial score (nSPS) is 26.3. The van der Waals surface area contributed by atoms with Gasteiger partial charge >= 0.3 is 0 Å². The average Bonchev–Trinajstić information content (AvgIpc) is 1.94. The van der Waals surface area contributed by atoms with E-state index in [1.165, 1.54) is 0 Å². The standard InChI is InChI=1S/C9H12O.H2/c1-3-8-6-9(10)5-4-7(8)2;/h7H,1,4-6H2,2H3;1H. The number of rotatable bonds is 0. The molecule has 1 aliphatic rings. The predicted molar refractivity (Wildman–Crippen MR) is 42.8 cm³/mol. The minimum atomic E-state index is 0. The first-order valence-electron chi connectivity index (χ1n) is 3.64. The van der Waals surface area contributed by atoms with Crippen molar-refractivity contribution in [2.75, 3.05) is 0 Å². The molecule has 1 atom stereocenters. The lowest BCUT2D eigenvalue weighted by atomic mass is 9.85. The fourth-order valence-corrected chi connectivity index (χ4v) is 1.26. The third-order valence-electron chi connectivity index (χ3n) is 2.07. The van der Waals surface area contributed by atoms with Gasteiger partial charge in [0, 0.05) is 14.3 Å². The second kappa shape index (κ2) is 2.85. The highest BCUT2D eigenvalue weighted by molar-refractivity contribution is 5.82. The minimum absolute atomic E-state index is 0. The van der Waals surface area contributed by atoms with Crippen molar-refractivity contribution in [3.63, 3.8) is 0 Å². The first-order valence-corrected chi connectivity index (χ1v) is 3.64.